The molecular formula is C16H14N2O3S. The monoisotopic (exact) mass is 314 g/mol. The molecule has 1 aromatic heterocycles. The van der Waals surface area contributed by atoms with Gasteiger partial charge in [0.15, 0.2) is 11.4 Å². The van der Waals surface area contributed by atoms with Crippen molar-refractivity contribution in [2.75, 3.05) is 11.4 Å². The molecule has 1 atom stereocenters. The summed E-state index contributed by atoms with van der Waals surface area (Å²) < 4.78 is 0. The second kappa shape index (κ2) is 4.74. The van der Waals surface area contributed by atoms with Crippen LogP contribution in [0.4, 0.5) is 10.7 Å². The van der Waals surface area contributed by atoms with Crippen molar-refractivity contribution < 1.29 is 15.0 Å². The number of benzene rings is 1. The number of hydrogen-bond donors (Lipinski definition) is 2. The number of Topliss-reactive ketones (excluding diaryl/α,β-unsaturated/α-hetero) is 1. The van der Waals surface area contributed by atoms with E-state index in [2.05, 4.69) is 4.99 Å². The number of thiophene rings is 1. The van der Waals surface area contributed by atoms with Gasteiger partial charge in [-0.05, 0) is 29.1 Å². The first-order chi connectivity index (χ1) is 10.6. The second-order valence-electron chi connectivity index (χ2n) is 5.49. The number of amidine groups is 1. The number of aliphatic hydroxyl groups excluding tert-OH is 1. The molecule has 2 aliphatic rings. The molecule has 1 aromatic carbocycles. The molecule has 0 spiro atoms. The molecule has 2 N–H and O–H groups in total. The first-order valence-corrected chi connectivity index (χ1v) is 7.92. The summed E-state index contributed by atoms with van der Waals surface area (Å²) in [6.45, 7) is 0.524. The normalized spacial score (nSPS) is 23.3. The van der Waals surface area contributed by atoms with E-state index in [9.17, 15) is 9.90 Å². The van der Waals surface area contributed by atoms with Crippen molar-refractivity contribution in [3.63, 3.8) is 0 Å². The molecule has 112 valence electrons. The number of carbonyl (C=O) groups excluding carboxylic acids is 1. The SMILES string of the molecule is O=C1c2ccsc2N=C2N(c3ccc(CO)cc3)CC[C@@]12O. The molecule has 3 heterocycles. The summed E-state index contributed by atoms with van der Waals surface area (Å²) in [5.41, 5.74) is 0.665. The summed E-state index contributed by atoms with van der Waals surface area (Å²) in [5.74, 6) is 0.146. The van der Waals surface area contributed by atoms with E-state index in [1.165, 1.54) is 11.3 Å². The standard InChI is InChI=1S/C16H14N2O3S/c19-9-10-1-3-11(4-2-10)18-7-6-16(21)13(20)12-5-8-22-14(12)17-15(16)18/h1-5,8,19,21H,6-7,9H2/t16-/m1/s1. The van der Waals surface area contributed by atoms with Crippen LogP contribution >= 0.6 is 11.3 Å². The van der Waals surface area contributed by atoms with Gasteiger partial charge in [0.25, 0.3) is 0 Å². The number of nitrogens with zero attached hydrogens (tertiary/aromatic N) is 2. The van der Waals surface area contributed by atoms with Crippen LogP contribution in [0.25, 0.3) is 0 Å². The van der Waals surface area contributed by atoms with Crippen molar-refractivity contribution in [2.24, 2.45) is 4.99 Å². The number of aliphatic imine (C=N–C) groups is 1. The molecule has 0 saturated carbocycles. The molecule has 0 radical (unpaired) electrons. The molecule has 0 unspecified atom stereocenters. The van der Waals surface area contributed by atoms with Crippen LogP contribution in [0.15, 0.2) is 40.7 Å². The predicted molar refractivity (Wildman–Crippen MR) is 85.0 cm³/mol. The quantitative estimate of drug-likeness (QED) is 0.890. The minimum Gasteiger partial charge on any atom is -0.392 e. The molecule has 1 saturated heterocycles. The average molecular weight is 314 g/mol. The van der Waals surface area contributed by atoms with E-state index >= 15 is 0 Å². The predicted octanol–water partition coefficient (Wildman–Crippen LogP) is 2.11. The third kappa shape index (κ3) is 1.78. The zero-order valence-corrected chi connectivity index (χ0v) is 12.5. The van der Waals surface area contributed by atoms with Crippen LogP contribution in [0.2, 0.25) is 0 Å². The molecule has 0 bridgehead atoms. The van der Waals surface area contributed by atoms with Gasteiger partial charge in [-0.25, -0.2) is 4.99 Å². The average Bonchev–Trinajstić information content (AvgIpc) is 3.14. The number of hydrogen-bond acceptors (Lipinski definition) is 6. The maximum Gasteiger partial charge on any atom is 0.205 e. The summed E-state index contributed by atoms with van der Waals surface area (Å²) >= 11 is 1.40. The van der Waals surface area contributed by atoms with Crippen LogP contribution in [-0.4, -0.2) is 34.0 Å². The van der Waals surface area contributed by atoms with Gasteiger partial charge in [-0.15, -0.1) is 11.3 Å². The van der Waals surface area contributed by atoms with E-state index in [4.69, 9.17) is 5.11 Å². The Morgan fingerprint density at radius 1 is 1.27 bits per heavy atom. The topological polar surface area (TPSA) is 73.1 Å². The molecule has 4 rings (SSSR count). The van der Waals surface area contributed by atoms with Crippen LogP contribution in [-0.2, 0) is 6.61 Å². The molecule has 6 heteroatoms. The van der Waals surface area contributed by atoms with Gasteiger partial charge in [0.05, 0.1) is 12.2 Å². The molecular weight excluding hydrogens is 300 g/mol. The lowest BCUT2D eigenvalue weighted by molar-refractivity contribution is 0.0603. The van der Waals surface area contributed by atoms with Crippen molar-refractivity contribution >= 4 is 33.6 Å². The highest BCUT2D eigenvalue weighted by Crippen LogP contribution is 2.41. The summed E-state index contributed by atoms with van der Waals surface area (Å²) in [5, 5.41) is 22.4. The Balaban J connectivity index is 1.79. The maximum absolute atomic E-state index is 12.6. The van der Waals surface area contributed by atoms with Crippen LogP contribution < -0.4 is 4.90 Å². The summed E-state index contributed by atoms with van der Waals surface area (Å²) in [4.78, 5) is 19.0. The van der Waals surface area contributed by atoms with Crippen molar-refractivity contribution in [1.82, 2.24) is 0 Å². The molecule has 2 aliphatic heterocycles. The van der Waals surface area contributed by atoms with E-state index in [-0.39, 0.29) is 12.4 Å². The van der Waals surface area contributed by atoms with Gasteiger partial charge in [-0.3, -0.25) is 4.79 Å². The van der Waals surface area contributed by atoms with Crippen LogP contribution in [0.3, 0.4) is 0 Å². The Morgan fingerprint density at radius 3 is 2.77 bits per heavy atom. The van der Waals surface area contributed by atoms with E-state index in [0.29, 0.717) is 29.4 Å². The number of aliphatic hydroxyl groups is 2. The molecule has 0 aliphatic carbocycles. The van der Waals surface area contributed by atoms with E-state index in [0.717, 1.165) is 11.3 Å². The smallest absolute Gasteiger partial charge is 0.205 e. The number of rotatable bonds is 2. The van der Waals surface area contributed by atoms with E-state index in [1.54, 1.807) is 6.07 Å². The van der Waals surface area contributed by atoms with Gasteiger partial charge < -0.3 is 15.1 Å². The Hall–Kier alpha value is -2.02. The fourth-order valence-electron chi connectivity index (χ4n) is 2.99. The second-order valence-corrected chi connectivity index (χ2v) is 6.39. The fraction of sp³-hybridized carbons (Fsp3) is 0.250. The minimum absolute atomic E-state index is 0.0117. The Bertz CT molecular complexity index is 781. The molecule has 22 heavy (non-hydrogen) atoms. The first kappa shape index (κ1) is 13.6. The van der Waals surface area contributed by atoms with Crippen LogP contribution in [0.5, 0.6) is 0 Å². The lowest BCUT2D eigenvalue weighted by atomic mass is 9.90. The van der Waals surface area contributed by atoms with Gasteiger partial charge in [0.1, 0.15) is 5.00 Å². The minimum atomic E-state index is -1.52. The van der Waals surface area contributed by atoms with Gasteiger partial charge in [-0.1, -0.05) is 12.1 Å². The number of carbonyl (C=O) groups is 1. The highest BCUT2D eigenvalue weighted by atomic mass is 32.1. The van der Waals surface area contributed by atoms with E-state index in [1.807, 2.05) is 34.5 Å². The molecule has 5 nitrogen and oxygen atoms in total. The fourth-order valence-corrected chi connectivity index (χ4v) is 3.75. The summed E-state index contributed by atoms with van der Waals surface area (Å²) in [6, 6.07) is 9.12. The third-order valence-electron chi connectivity index (χ3n) is 4.23. The summed E-state index contributed by atoms with van der Waals surface area (Å²) in [6.07, 6.45) is 0.335. The first-order valence-electron chi connectivity index (χ1n) is 7.04. The highest BCUT2D eigenvalue weighted by Gasteiger charge is 2.52. The van der Waals surface area contributed by atoms with Gasteiger partial charge in [0, 0.05) is 18.7 Å². The van der Waals surface area contributed by atoms with Crippen molar-refractivity contribution in [3.8, 4) is 0 Å². The Labute approximate surface area is 131 Å². The third-order valence-corrected chi connectivity index (χ3v) is 5.03. The Kier molecular flexibility index (Phi) is 2.94. The molecule has 1 fully saturated rings. The Morgan fingerprint density at radius 2 is 2.05 bits per heavy atom. The highest BCUT2D eigenvalue weighted by molar-refractivity contribution is 7.14. The lowest BCUT2D eigenvalue weighted by Crippen LogP contribution is -2.48. The van der Waals surface area contributed by atoms with Crippen LogP contribution in [0.1, 0.15) is 22.3 Å². The van der Waals surface area contributed by atoms with Crippen molar-refractivity contribution in [3.05, 3.63) is 46.8 Å². The van der Waals surface area contributed by atoms with Gasteiger partial charge in [-0.2, -0.15) is 0 Å². The van der Waals surface area contributed by atoms with Crippen molar-refractivity contribution in [1.29, 1.82) is 0 Å². The van der Waals surface area contributed by atoms with E-state index < -0.39 is 5.60 Å². The van der Waals surface area contributed by atoms with Gasteiger partial charge >= 0.3 is 0 Å². The summed E-state index contributed by atoms with van der Waals surface area (Å²) in [7, 11) is 0. The zero-order chi connectivity index (χ0) is 15.3. The van der Waals surface area contributed by atoms with Crippen molar-refractivity contribution in [2.45, 2.75) is 18.6 Å². The zero-order valence-electron chi connectivity index (χ0n) is 11.7. The van der Waals surface area contributed by atoms with Crippen LogP contribution in [0, 0.1) is 0 Å². The van der Waals surface area contributed by atoms with Gasteiger partial charge in [0.2, 0.25) is 5.78 Å². The number of ketones is 1. The number of anilines is 1. The lowest BCUT2D eigenvalue weighted by Gasteiger charge is -2.28. The largest absolute Gasteiger partial charge is 0.392 e. The molecule has 2 aromatic rings. The maximum atomic E-state index is 12.6. The molecule has 0 amide bonds. The number of fused-ring (bicyclic) bond motifs is 2.